The summed E-state index contributed by atoms with van der Waals surface area (Å²) in [5.41, 5.74) is 8.78. The number of tetrazole rings is 1. The average Bonchev–Trinajstić information content (AvgIpc) is 3.30. The first-order valence-electron chi connectivity index (χ1n) is 12.8. The van der Waals surface area contributed by atoms with Crippen LogP contribution in [0.1, 0.15) is 41.8 Å². The van der Waals surface area contributed by atoms with Gasteiger partial charge in [0.2, 0.25) is 0 Å². The molecule has 10 heteroatoms. The predicted molar refractivity (Wildman–Crippen MR) is 150 cm³/mol. The summed E-state index contributed by atoms with van der Waals surface area (Å²) >= 11 is 13.2. The summed E-state index contributed by atoms with van der Waals surface area (Å²) in [5.74, 6) is 0.756. The van der Waals surface area contributed by atoms with Crippen LogP contribution in [-0.4, -0.2) is 35.0 Å². The second-order valence-corrected chi connectivity index (χ2v) is 11.4. The highest BCUT2D eigenvalue weighted by molar-refractivity contribution is 6.35. The van der Waals surface area contributed by atoms with E-state index in [1.807, 2.05) is 29.7 Å². The third-order valence-corrected chi connectivity index (χ3v) is 8.89. The molecule has 0 saturated heterocycles. The number of aromatic nitrogens is 7. The molecule has 2 aliphatic carbocycles. The van der Waals surface area contributed by atoms with Crippen LogP contribution in [-0.2, 0) is 0 Å². The maximum absolute atomic E-state index is 13.7. The number of aryl methyl sites for hydroxylation is 1. The summed E-state index contributed by atoms with van der Waals surface area (Å²) in [4.78, 5) is 13.7. The maximum atomic E-state index is 13.7. The minimum Gasteiger partial charge on any atom is -0.305 e. The van der Waals surface area contributed by atoms with Crippen LogP contribution in [0.4, 0.5) is 0 Å². The number of H-pyrrole nitrogens is 1. The zero-order valence-electron chi connectivity index (χ0n) is 20.8. The number of allylic oxidation sites excluding steroid dienone is 4. The summed E-state index contributed by atoms with van der Waals surface area (Å²) in [6.45, 7) is 2.02. The smallest absolute Gasteiger partial charge is 0.251 e. The highest BCUT2D eigenvalue weighted by Gasteiger charge is 2.54. The van der Waals surface area contributed by atoms with Gasteiger partial charge in [-0.3, -0.25) is 9.89 Å². The summed E-state index contributed by atoms with van der Waals surface area (Å²) in [6.07, 6.45) is 5.39. The molecule has 3 atom stereocenters. The Kier molecular flexibility index (Phi) is 4.85. The molecule has 5 aromatic rings. The van der Waals surface area contributed by atoms with Crippen molar-refractivity contribution in [2.45, 2.75) is 31.7 Å². The predicted octanol–water partition coefficient (Wildman–Crippen LogP) is 5.97. The highest BCUT2D eigenvalue weighted by Crippen LogP contribution is 2.62. The second-order valence-electron chi connectivity index (χ2n) is 10.5. The molecule has 4 heterocycles. The van der Waals surface area contributed by atoms with Crippen molar-refractivity contribution in [3.05, 3.63) is 104 Å². The molecular weight excluding hydrogens is 533 g/mol. The molecular formula is C29H21Cl2N7O. The van der Waals surface area contributed by atoms with E-state index in [9.17, 15) is 4.79 Å². The number of benzene rings is 2. The van der Waals surface area contributed by atoms with E-state index in [1.165, 1.54) is 11.9 Å². The fourth-order valence-corrected chi connectivity index (χ4v) is 6.92. The van der Waals surface area contributed by atoms with Crippen molar-refractivity contribution >= 4 is 39.7 Å². The first-order valence-corrected chi connectivity index (χ1v) is 13.6. The Morgan fingerprint density at radius 2 is 1.95 bits per heavy atom. The van der Waals surface area contributed by atoms with E-state index in [4.69, 9.17) is 23.2 Å². The van der Waals surface area contributed by atoms with Gasteiger partial charge in [-0.1, -0.05) is 29.3 Å². The summed E-state index contributed by atoms with van der Waals surface area (Å²) in [6, 6.07) is 15.6. The van der Waals surface area contributed by atoms with Crippen LogP contribution in [0.25, 0.3) is 33.3 Å². The van der Waals surface area contributed by atoms with Crippen molar-refractivity contribution < 1.29 is 0 Å². The Bertz CT molecular complexity index is 1950. The Balaban J connectivity index is 1.16. The van der Waals surface area contributed by atoms with Gasteiger partial charge in [0.15, 0.2) is 0 Å². The molecule has 39 heavy (non-hydrogen) atoms. The molecule has 8 nitrogen and oxygen atoms in total. The summed E-state index contributed by atoms with van der Waals surface area (Å²) in [7, 11) is 0. The van der Waals surface area contributed by atoms with Crippen molar-refractivity contribution in [2.75, 3.05) is 0 Å². The molecule has 192 valence electrons. The highest BCUT2D eigenvalue weighted by atomic mass is 35.5. The second kappa shape index (κ2) is 8.24. The zero-order chi connectivity index (χ0) is 26.4. The first kappa shape index (κ1) is 22.9. The number of hydrogen-bond acceptors (Lipinski definition) is 5. The van der Waals surface area contributed by atoms with E-state index in [-0.39, 0.29) is 11.6 Å². The van der Waals surface area contributed by atoms with Gasteiger partial charge in [-0.2, -0.15) is 9.78 Å². The van der Waals surface area contributed by atoms with E-state index in [0.717, 1.165) is 68.1 Å². The van der Waals surface area contributed by atoms with Crippen molar-refractivity contribution in [2.24, 2.45) is 5.92 Å². The van der Waals surface area contributed by atoms with Crippen LogP contribution < -0.4 is 5.56 Å². The van der Waals surface area contributed by atoms with Gasteiger partial charge in [0.25, 0.3) is 5.56 Å². The molecule has 3 aliphatic rings. The molecule has 1 aliphatic heterocycles. The van der Waals surface area contributed by atoms with Gasteiger partial charge < -0.3 is 4.57 Å². The van der Waals surface area contributed by atoms with Crippen LogP contribution >= 0.6 is 23.2 Å². The lowest BCUT2D eigenvalue weighted by atomic mass is 9.96. The third-order valence-electron chi connectivity index (χ3n) is 8.32. The molecule has 2 aromatic carbocycles. The SMILES string of the molecule is Cc1[nH]nc2ccc(C3=C(Cl)C=C(C4C5CC5c5cc(-c6cc(Cl)ccc6-n6cnnn6)cc(=O)n54)C3)cc12. The molecule has 1 N–H and O–H groups in total. The average molecular weight is 554 g/mol. The Morgan fingerprint density at radius 1 is 1.05 bits per heavy atom. The number of pyridine rings is 1. The molecule has 1 saturated carbocycles. The van der Waals surface area contributed by atoms with Gasteiger partial charge in [-0.25, -0.2) is 0 Å². The minimum atomic E-state index is -0.0248. The number of fused-ring (bicyclic) bond motifs is 4. The van der Waals surface area contributed by atoms with Crippen LogP contribution in [0.2, 0.25) is 5.02 Å². The fourth-order valence-electron chi connectivity index (χ4n) is 6.43. The van der Waals surface area contributed by atoms with Gasteiger partial charge in [-0.05, 0) is 101 Å². The maximum Gasteiger partial charge on any atom is 0.251 e. The quantitative estimate of drug-likeness (QED) is 0.296. The van der Waals surface area contributed by atoms with E-state index < -0.39 is 0 Å². The standard InChI is InChI=1S/C29H21Cl2N7O/c1-14-19-6-15(2-4-25(19)34-33-14)20-7-17(8-24(20)31)29-23-12-22(23)27-9-16(10-28(39)38(27)29)21-11-18(30)3-5-26(21)37-13-32-35-36-37/h2-6,8-11,13,22-23,29H,7,12H2,1H3,(H,33,34). The molecule has 0 bridgehead atoms. The van der Waals surface area contributed by atoms with Crippen LogP contribution in [0.15, 0.2) is 76.3 Å². The lowest BCUT2D eigenvalue weighted by Gasteiger charge is -2.21. The summed E-state index contributed by atoms with van der Waals surface area (Å²) < 4.78 is 3.56. The van der Waals surface area contributed by atoms with Crippen molar-refractivity contribution in [3.63, 3.8) is 0 Å². The Labute approximate surface area is 232 Å². The first-order chi connectivity index (χ1) is 19.0. The molecule has 0 spiro atoms. The van der Waals surface area contributed by atoms with Gasteiger partial charge >= 0.3 is 0 Å². The number of nitrogens with one attached hydrogen (secondary N) is 1. The number of nitrogens with zero attached hydrogens (tertiary/aromatic N) is 6. The Morgan fingerprint density at radius 3 is 2.79 bits per heavy atom. The lowest BCUT2D eigenvalue weighted by molar-refractivity contribution is 0.524. The monoisotopic (exact) mass is 553 g/mol. The number of aromatic amines is 1. The largest absolute Gasteiger partial charge is 0.305 e. The van der Waals surface area contributed by atoms with Crippen molar-refractivity contribution in [1.82, 2.24) is 35.0 Å². The topological polar surface area (TPSA) is 94.3 Å². The van der Waals surface area contributed by atoms with E-state index in [1.54, 1.807) is 16.8 Å². The normalized spacial score (nSPS) is 21.4. The molecule has 0 amide bonds. The fraction of sp³-hybridized carbons (Fsp3) is 0.207. The van der Waals surface area contributed by atoms with Crippen LogP contribution in [0, 0.1) is 12.8 Å². The molecule has 0 radical (unpaired) electrons. The van der Waals surface area contributed by atoms with Crippen LogP contribution in [0.3, 0.4) is 0 Å². The van der Waals surface area contributed by atoms with E-state index in [2.05, 4.69) is 50.0 Å². The van der Waals surface area contributed by atoms with Crippen molar-refractivity contribution in [3.8, 4) is 16.8 Å². The van der Waals surface area contributed by atoms with Gasteiger partial charge in [0, 0.05) is 44.4 Å². The van der Waals surface area contributed by atoms with Crippen LogP contribution in [0.5, 0.6) is 0 Å². The molecule has 8 rings (SSSR count). The zero-order valence-corrected chi connectivity index (χ0v) is 22.3. The minimum absolute atomic E-state index is 0.00976. The Hall–Kier alpha value is -4.01. The molecule has 1 fully saturated rings. The van der Waals surface area contributed by atoms with Gasteiger partial charge in [0.05, 0.1) is 17.2 Å². The third kappa shape index (κ3) is 3.48. The molecule has 3 aromatic heterocycles. The number of rotatable bonds is 4. The van der Waals surface area contributed by atoms with E-state index in [0.29, 0.717) is 16.9 Å². The summed E-state index contributed by atoms with van der Waals surface area (Å²) in [5, 5.41) is 21.4. The van der Waals surface area contributed by atoms with Crippen molar-refractivity contribution in [1.29, 1.82) is 0 Å². The van der Waals surface area contributed by atoms with E-state index >= 15 is 0 Å². The lowest BCUT2D eigenvalue weighted by Crippen LogP contribution is -2.26. The van der Waals surface area contributed by atoms with Gasteiger partial charge in [0.1, 0.15) is 6.33 Å². The van der Waals surface area contributed by atoms with Gasteiger partial charge in [-0.15, -0.1) is 5.10 Å². The molecule has 3 unspecified atom stereocenters. The number of halogens is 2. The number of hydrogen-bond donors (Lipinski definition) is 1.